The number of aliphatic imine (C=N–C) groups is 1. The second-order valence-electron chi connectivity index (χ2n) is 6.42. The molecule has 5 heteroatoms. The third kappa shape index (κ3) is 11.6. The number of esters is 1. The van der Waals surface area contributed by atoms with Gasteiger partial charge < -0.3 is 9.47 Å². The molecule has 0 bridgehead atoms. The number of isocyanates is 1. The maximum Gasteiger partial charge on any atom is 0.306 e. The summed E-state index contributed by atoms with van der Waals surface area (Å²) in [5, 5.41) is 0. The van der Waals surface area contributed by atoms with Crippen molar-refractivity contribution in [2.75, 3.05) is 6.61 Å². The zero-order chi connectivity index (χ0) is 15.1. The summed E-state index contributed by atoms with van der Waals surface area (Å²) in [6.45, 7) is 11.5. The van der Waals surface area contributed by atoms with Crippen LogP contribution in [0.5, 0.6) is 0 Å². The molecule has 0 unspecified atom stereocenters. The quantitative estimate of drug-likeness (QED) is 0.423. The number of carbonyl (C=O) groups excluding carboxylic acids is 2. The van der Waals surface area contributed by atoms with Gasteiger partial charge in [-0.05, 0) is 48.0 Å². The minimum absolute atomic E-state index is 0.209. The predicted molar refractivity (Wildman–Crippen MR) is 72.7 cm³/mol. The van der Waals surface area contributed by atoms with E-state index in [4.69, 9.17) is 9.47 Å². The molecule has 0 heterocycles. The molecule has 0 saturated carbocycles. The van der Waals surface area contributed by atoms with Gasteiger partial charge in [0.15, 0.2) is 0 Å². The first-order chi connectivity index (χ1) is 8.53. The van der Waals surface area contributed by atoms with Gasteiger partial charge in [0.2, 0.25) is 6.08 Å². The van der Waals surface area contributed by atoms with Crippen LogP contribution in [0, 0.1) is 0 Å². The smallest absolute Gasteiger partial charge is 0.306 e. The first-order valence-corrected chi connectivity index (χ1v) is 6.46. The van der Waals surface area contributed by atoms with Crippen LogP contribution in [0.1, 0.15) is 54.4 Å². The van der Waals surface area contributed by atoms with E-state index in [1.807, 2.05) is 41.5 Å². The van der Waals surface area contributed by atoms with Gasteiger partial charge in [0, 0.05) is 6.42 Å². The summed E-state index contributed by atoms with van der Waals surface area (Å²) in [5.41, 5.74) is -0.801. The van der Waals surface area contributed by atoms with E-state index in [0.717, 1.165) is 0 Å². The Balaban J connectivity index is 4.22. The van der Waals surface area contributed by atoms with Crippen LogP contribution in [0.3, 0.4) is 0 Å². The molecule has 5 nitrogen and oxygen atoms in total. The summed E-state index contributed by atoms with van der Waals surface area (Å²) in [5.74, 6) is -0.297. The molecule has 0 N–H and O–H groups in total. The molecule has 0 fully saturated rings. The van der Waals surface area contributed by atoms with Crippen molar-refractivity contribution in [3.8, 4) is 0 Å². The standard InChI is InChI=1S/C14H25NO4/c1-13(2,3)18-9-11(15-10-16)7-8-12(17)19-14(4,5)6/h11H,7-9H2,1-6H3/t11-/m0/s1. The van der Waals surface area contributed by atoms with Gasteiger partial charge in [-0.1, -0.05) is 0 Å². The maximum atomic E-state index is 11.6. The lowest BCUT2D eigenvalue weighted by molar-refractivity contribution is -0.155. The van der Waals surface area contributed by atoms with E-state index in [-0.39, 0.29) is 24.0 Å². The van der Waals surface area contributed by atoms with Crippen molar-refractivity contribution in [3.05, 3.63) is 0 Å². The van der Waals surface area contributed by atoms with Gasteiger partial charge in [-0.25, -0.2) is 9.79 Å². The highest BCUT2D eigenvalue weighted by Crippen LogP contribution is 2.13. The first kappa shape index (κ1) is 17.8. The number of nitrogens with zero attached hydrogens (tertiary/aromatic N) is 1. The number of rotatable bonds is 6. The second kappa shape index (κ2) is 7.41. The lowest BCUT2D eigenvalue weighted by atomic mass is 10.1. The van der Waals surface area contributed by atoms with Crippen molar-refractivity contribution in [2.45, 2.75) is 71.6 Å². The second-order valence-corrected chi connectivity index (χ2v) is 6.42. The van der Waals surface area contributed by atoms with E-state index in [0.29, 0.717) is 13.0 Å². The van der Waals surface area contributed by atoms with Gasteiger partial charge in [-0.3, -0.25) is 4.79 Å². The van der Waals surface area contributed by atoms with Crippen LogP contribution in [-0.4, -0.2) is 35.9 Å². The summed E-state index contributed by atoms with van der Waals surface area (Å²) >= 11 is 0. The van der Waals surface area contributed by atoms with Crippen LogP contribution >= 0.6 is 0 Å². The van der Waals surface area contributed by atoms with Crippen molar-refractivity contribution < 1.29 is 19.1 Å². The van der Waals surface area contributed by atoms with E-state index >= 15 is 0 Å². The zero-order valence-electron chi connectivity index (χ0n) is 12.8. The minimum atomic E-state index is -0.498. The Morgan fingerprint density at radius 3 is 2.16 bits per heavy atom. The van der Waals surface area contributed by atoms with Crippen LogP contribution in [0.4, 0.5) is 0 Å². The van der Waals surface area contributed by atoms with Crippen molar-refractivity contribution in [1.29, 1.82) is 0 Å². The molecular formula is C14H25NO4. The molecular weight excluding hydrogens is 246 g/mol. The highest BCUT2D eigenvalue weighted by Gasteiger charge is 2.19. The fourth-order valence-corrected chi connectivity index (χ4v) is 1.28. The fourth-order valence-electron chi connectivity index (χ4n) is 1.28. The lowest BCUT2D eigenvalue weighted by Gasteiger charge is -2.22. The summed E-state index contributed by atoms with van der Waals surface area (Å²) < 4.78 is 10.7. The van der Waals surface area contributed by atoms with Crippen LogP contribution in [0.2, 0.25) is 0 Å². The Bertz CT molecular complexity index is 332. The fraction of sp³-hybridized carbons (Fsp3) is 0.857. The Labute approximate surface area is 115 Å². The summed E-state index contributed by atoms with van der Waals surface area (Å²) in [6, 6.07) is -0.357. The van der Waals surface area contributed by atoms with Crippen LogP contribution in [-0.2, 0) is 19.1 Å². The molecule has 1 atom stereocenters. The summed E-state index contributed by atoms with van der Waals surface area (Å²) in [7, 11) is 0. The molecule has 0 amide bonds. The molecule has 0 aromatic carbocycles. The Morgan fingerprint density at radius 1 is 1.16 bits per heavy atom. The number of ether oxygens (including phenoxy) is 2. The molecule has 0 aliphatic heterocycles. The Kier molecular flexibility index (Phi) is 6.95. The Morgan fingerprint density at radius 2 is 1.74 bits per heavy atom. The van der Waals surface area contributed by atoms with Crippen molar-refractivity contribution >= 4 is 12.0 Å². The average Bonchev–Trinajstić information content (AvgIpc) is 2.18. The monoisotopic (exact) mass is 271 g/mol. The van der Waals surface area contributed by atoms with Crippen molar-refractivity contribution in [3.63, 3.8) is 0 Å². The first-order valence-electron chi connectivity index (χ1n) is 6.46. The van der Waals surface area contributed by atoms with Crippen molar-refractivity contribution in [2.24, 2.45) is 4.99 Å². The molecule has 0 aliphatic carbocycles. The maximum absolute atomic E-state index is 11.6. The molecule has 0 rings (SSSR count). The highest BCUT2D eigenvalue weighted by atomic mass is 16.6. The van der Waals surface area contributed by atoms with Gasteiger partial charge >= 0.3 is 5.97 Å². The third-order valence-corrected chi connectivity index (χ3v) is 2.05. The van der Waals surface area contributed by atoms with Gasteiger partial charge in [-0.2, -0.15) is 0 Å². The van der Waals surface area contributed by atoms with Gasteiger partial charge in [-0.15, -0.1) is 0 Å². The normalized spacial score (nSPS) is 13.6. The lowest BCUT2D eigenvalue weighted by Crippen LogP contribution is -2.27. The molecule has 0 spiro atoms. The highest BCUT2D eigenvalue weighted by molar-refractivity contribution is 5.69. The molecule has 0 aromatic rings. The molecule has 0 aliphatic rings. The summed E-state index contributed by atoms with van der Waals surface area (Å²) in [6.07, 6.45) is 2.14. The molecule has 0 radical (unpaired) electrons. The molecule has 0 aromatic heterocycles. The van der Waals surface area contributed by atoms with E-state index in [9.17, 15) is 9.59 Å². The van der Waals surface area contributed by atoms with Gasteiger partial charge in [0.1, 0.15) is 5.60 Å². The zero-order valence-corrected chi connectivity index (χ0v) is 12.8. The number of hydrogen-bond donors (Lipinski definition) is 0. The minimum Gasteiger partial charge on any atom is -0.460 e. The molecule has 0 saturated heterocycles. The number of carbonyl (C=O) groups is 1. The molecule has 19 heavy (non-hydrogen) atoms. The Hall–Kier alpha value is -1.19. The largest absolute Gasteiger partial charge is 0.460 e. The summed E-state index contributed by atoms with van der Waals surface area (Å²) in [4.78, 5) is 25.6. The van der Waals surface area contributed by atoms with E-state index in [1.54, 1.807) is 0 Å². The van der Waals surface area contributed by atoms with E-state index in [2.05, 4.69) is 4.99 Å². The van der Waals surface area contributed by atoms with Crippen LogP contribution < -0.4 is 0 Å². The van der Waals surface area contributed by atoms with E-state index in [1.165, 1.54) is 6.08 Å². The number of hydrogen-bond acceptors (Lipinski definition) is 5. The van der Waals surface area contributed by atoms with Gasteiger partial charge in [0.05, 0.1) is 18.2 Å². The SMILES string of the molecule is CC(C)(C)OC[C@H](CCC(=O)OC(C)(C)C)N=C=O. The van der Waals surface area contributed by atoms with Gasteiger partial charge in [0.25, 0.3) is 0 Å². The predicted octanol–water partition coefficient (Wildman–Crippen LogP) is 2.63. The van der Waals surface area contributed by atoms with Crippen LogP contribution in [0.15, 0.2) is 4.99 Å². The van der Waals surface area contributed by atoms with Crippen LogP contribution in [0.25, 0.3) is 0 Å². The third-order valence-electron chi connectivity index (χ3n) is 2.05. The average molecular weight is 271 g/mol. The molecule has 110 valence electrons. The topological polar surface area (TPSA) is 65.0 Å². The van der Waals surface area contributed by atoms with Crippen molar-refractivity contribution in [1.82, 2.24) is 0 Å². The van der Waals surface area contributed by atoms with E-state index < -0.39 is 5.60 Å².